The highest BCUT2D eigenvalue weighted by atomic mass is 16.3. The summed E-state index contributed by atoms with van der Waals surface area (Å²) in [5.74, 6) is 0.844. The minimum absolute atomic E-state index is 0.0860. The lowest BCUT2D eigenvalue weighted by atomic mass is 10.2. The number of benzene rings is 1. The molecular formula is C16H18N4O. The summed E-state index contributed by atoms with van der Waals surface area (Å²) >= 11 is 0. The van der Waals surface area contributed by atoms with E-state index in [0.717, 1.165) is 17.0 Å². The molecule has 1 aromatic carbocycles. The molecule has 0 atom stereocenters. The van der Waals surface area contributed by atoms with Crippen molar-refractivity contribution in [1.29, 1.82) is 0 Å². The summed E-state index contributed by atoms with van der Waals surface area (Å²) in [5.41, 5.74) is 3.10. The first-order valence-electron chi connectivity index (χ1n) is 6.98. The van der Waals surface area contributed by atoms with Gasteiger partial charge in [-0.05, 0) is 18.6 Å². The first kappa shape index (κ1) is 13.6. The van der Waals surface area contributed by atoms with Gasteiger partial charge in [-0.15, -0.1) is 0 Å². The maximum absolute atomic E-state index is 9.36. The number of aliphatic hydroxyl groups is 1. The van der Waals surface area contributed by atoms with Gasteiger partial charge in [0.2, 0.25) is 0 Å². The predicted octanol–water partition coefficient (Wildman–Crippen LogP) is 2.04. The summed E-state index contributed by atoms with van der Waals surface area (Å²) < 4.78 is 1.83. The van der Waals surface area contributed by atoms with Gasteiger partial charge in [-0.3, -0.25) is 0 Å². The number of rotatable bonds is 5. The Morgan fingerprint density at radius 3 is 2.81 bits per heavy atom. The molecule has 0 unspecified atom stereocenters. The first-order chi connectivity index (χ1) is 10.3. The van der Waals surface area contributed by atoms with E-state index < -0.39 is 0 Å². The standard InChI is InChI=1S/C16H18N4O/c1-13-11-15-16(17-7-8-20(15)18-13)19(9-10-21)12-14-5-3-2-4-6-14/h2-8,11,21H,9-10,12H2,1H3. The lowest BCUT2D eigenvalue weighted by molar-refractivity contribution is 0.301. The average Bonchev–Trinajstić information content (AvgIpc) is 2.88. The Morgan fingerprint density at radius 2 is 2.05 bits per heavy atom. The van der Waals surface area contributed by atoms with Gasteiger partial charge in [0.15, 0.2) is 5.82 Å². The zero-order valence-corrected chi connectivity index (χ0v) is 12.0. The summed E-state index contributed by atoms with van der Waals surface area (Å²) in [7, 11) is 0. The van der Waals surface area contributed by atoms with Crippen LogP contribution in [-0.4, -0.2) is 32.9 Å². The van der Waals surface area contributed by atoms with Crippen molar-refractivity contribution < 1.29 is 5.11 Å². The monoisotopic (exact) mass is 282 g/mol. The van der Waals surface area contributed by atoms with Crippen molar-refractivity contribution in [2.45, 2.75) is 13.5 Å². The molecule has 0 amide bonds. The first-order valence-corrected chi connectivity index (χ1v) is 6.98. The molecule has 0 fully saturated rings. The molecule has 0 spiro atoms. The van der Waals surface area contributed by atoms with Crippen LogP contribution < -0.4 is 4.90 Å². The number of aryl methyl sites for hydroxylation is 1. The fourth-order valence-corrected chi connectivity index (χ4v) is 2.46. The summed E-state index contributed by atoms with van der Waals surface area (Å²) in [6.07, 6.45) is 3.58. The topological polar surface area (TPSA) is 53.7 Å². The molecule has 3 rings (SSSR count). The predicted molar refractivity (Wildman–Crippen MR) is 82.3 cm³/mol. The molecule has 0 radical (unpaired) electrons. The molecule has 5 nitrogen and oxygen atoms in total. The van der Waals surface area contributed by atoms with Gasteiger partial charge in [-0.2, -0.15) is 5.10 Å². The van der Waals surface area contributed by atoms with Crippen molar-refractivity contribution in [3.05, 3.63) is 60.0 Å². The molecule has 1 N–H and O–H groups in total. The normalized spacial score (nSPS) is 11.0. The Morgan fingerprint density at radius 1 is 1.24 bits per heavy atom. The lowest BCUT2D eigenvalue weighted by Crippen LogP contribution is -2.27. The van der Waals surface area contributed by atoms with Gasteiger partial charge in [0, 0.05) is 25.5 Å². The molecule has 0 aliphatic rings. The number of aliphatic hydroxyl groups excluding tert-OH is 1. The second-order valence-corrected chi connectivity index (χ2v) is 5.00. The van der Waals surface area contributed by atoms with Gasteiger partial charge < -0.3 is 10.0 Å². The Labute approximate surface area is 123 Å². The summed E-state index contributed by atoms with van der Waals surface area (Å²) in [6.45, 7) is 3.29. The van der Waals surface area contributed by atoms with E-state index in [9.17, 15) is 5.11 Å². The number of hydrogen-bond acceptors (Lipinski definition) is 4. The maximum Gasteiger partial charge on any atom is 0.155 e. The summed E-state index contributed by atoms with van der Waals surface area (Å²) in [5, 5.41) is 13.8. The molecule has 0 saturated carbocycles. The largest absolute Gasteiger partial charge is 0.395 e. The van der Waals surface area contributed by atoms with Crippen LogP contribution in [0.2, 0.25) is 0 Å². The van der Waals surface area contributed by atoms with Gasteiger partial charge in [-0.25, -0.2) is 9.50 Å². The highest BCUT2D eigenvalue weighted by molar-refractivity contribution is 5.69. The highest BCUT2D eigenvalue weighted by Gasteiger charge is 2.13. The second kappa shape index (κ2) is 5.93. The molecule has 0 aliphatic carbocycles. The fraction of sp³-hybridized carbons (Fsp3) is 0.250. The third-order valence-electron chi connectivity index (χ3n) is 3.38. The number of anilines is 1. The van der Waals surface area contributed by atoms with E-state index in [4.69, 9.17) is 0 Å². The zero-order chi connectivity index (χ0) is 14.7. The lowest BCUT2D eigenvalue weighted by Gasteiger charge is -2.23. The average molecular weight is 282 g/mol. The smallest absolute Gasteiger partial charge is 0.155 e. The Hall–Kier alpha value is -2.40. The van der Waals surface area contributed by atoms with Crippen LogP contribution in [0.25, 0.3) is 5.52 Å². The molecule has 0 saturated heterocycles. The van der Waals surface area contributed by atoms with Crippen molar-refractivity contribution in [3.63, 3.8) is 0 Å². The van der Waals surface area contributed by atoms with Crippen molar-refractivity contribution in [3.8, 4) is 0 Å². The van der Waals surface area contributed by atoms with Crippen molar-refractivity contribution >= 4 is 11.3 Å². The number of nitrogens with zero attached hydrogens (tertiary/aromatic N) is 4. The molecule has 2 aromatic heterocycles. The Kier molecular flexibility index (Phi) is 3.83. The van der Waals surface area contributed by atoms with Gasteiger partial charge in [0.1, 0.15) is 5.52 Å². The molecule has 21 heavy (non-hydrogen) atoms. The van der Waals surface area contributed by atoms with E-state index in [1.54, 1.807) is 6.20 Å². The third-order valence-corrected chi connectivity index (χ3v) is 3.38. The van der Waals surface area contributed by atoms with E-state index in [1.165, 1.54) is 5.56 Å². The minimum Gasteiger partial charge on any atom is -0.395 e. The van der Waals surface area contributed by atoms with E-state index in [0.29, 0.717) is 13.1 Å². The van der Waals surface area contributed by atoms with Crippen molar-refractivity contribution in [2.75, 3.05) is 18.1 Å². The van der Waals surface area contributed by atoms with Crippen LogP contribution in [0.15, 0.2) is 48.8 Å². The van der Waals surface area contributed by atoms with E-state index in [1.807, 2.05) is 41.9 Å². The van der Waals surface area contributed by atoms with Crippen LogP contribution in [0.4, 0.5) is 5.82 Å². The van der Waals surface area contributed by atoms with Crippen molar-refractivity contribution in [2.24, 2.45) is 0 Å². The number of fused-ring (bicyclic) bond motifs is 1. The Bertz CT molecular complexity index is 723. The van der Waals surface area contributed by atoms with Crippen molar-refractivity contribution in [1.82, 2.24) is 14.6 Å². The molecule has 0 aliphatic heterocycles. The second-order valence-electron chi connectivity index (χ2n) is 5.00. The third kappa shape index (κ3) is 2.87. The van der Waals surface area contributed by atoms with E-state index in [-0.39, 0.29) is 6.61 Å². The molecular weight excluding hydrogens is 264 g/mol. The van der Waals surface area contributed by atoms with Crippen LogP contribution >= 0.6 is 0 Å². The van der Waals surface area contributed by atoms with E-state index in [2.05, 4.69) is 27.1 Å². The molecule has 5 heteroatoms. The van der Waals surface area contributed by atoms with Crippen LogP contribution in [-0.2, 0) is 6.54 Å². The highest BCUT2D eigenvalue weighted by Crippen LogP contribution is 2.21. The molecule has 3 aromatic rings. The van der Waals surface area contributed by atoms with Crippen LogP contribution in [0.3, 0.4) is 0 Å². The summed E-state index contributed by atoms with van der Waals surface area (Å²) in [4.78, 5) is 6.56. The van der Waals surface area contributed by atoms with Gasteiger partial charge in [0.25, 0.3) is 0 Å². The summed E-state index contributed by atoms with van der Waals surface area (Å²) in [6, 6.07) is 12.2. The Balaban J connectivity index is 1.99. The van der Waals surface area contributed by atoms with Crippen LogP contribution in [0.1, 0.15) is 11.3 Å². The van der Waals surface area contributed by atoms with Crippen LogP contribution in [0, 0.1) is 6.92 Å². The van der Waals surface area contributed by atoms with Gasteiger partial charge in [0.05, 0.1) is 12.3 Å². The maximum atomic E-state index is 9.36. The van der Waals surface area contributed by atoms with Gasteiger partial charge >= 0.3 is 0 Å². The number of aromatic nitrogens is 3. The molecule has 108 valence electrons. The van der Waals surface area contributed by atoms with Gasteiger partial charge in [-0.1, -0.05) is 30.3 Å². The fourth-order valence-electron chi connectivity index (χ4n) is 2.46. The number of hydrogen-bond donors (Lipinski definition) is 1. The minimum atomic E-state index is 0.0860. The molecule has 0 bridgehead atoms. The van der Waals surface area contributed by atoms with E-state index >= 15 is 0 Å². The molecule has 2 heterocycles. The zero-order valence-electron chi connectivity index (χ0n) is 12.0. The SMILES string of the molecule is Cc1cc2c(N(CCO)Cc3ccccc3)nccn2n1. The van der Waals surface area contributed by atoms with Crippen LogP contribution in [0.5, 0.6) is 0 Å². The quantitative estimate of drug-likeness (QED) is 0.778.